The maximum Gasteiger partial charge on any atom is 0.107 e. The Morgan fingerprint density at radius 1 is 1.11 bits per heavy atom. The molecule has 1 aromatic rings. The van der Waals surface area contributed by atoms with Crippen molar-refractivity contribution in [2.75, 3.05) is 36.8 Å². The SMILES string of the molecule is Nc1ccc(N2CCC([NH+]3CCCC3)C2)cc1.[Cl-]. The van der Waals surface area contributed by atoms with Gasteiger partial charge in [0.1, 0.15) is 6.04 Å². The van der Waals surface area contributed by atoms with Crippen LogP contribution in [0.5, 0.6) is 0 Å². The van der Waals surface area contributed by atoms with Crippen molar-refractivity contribution in [3.63, 3.8) is 0 Å². The summed E-state index contributed by atoms with van der Waals surface area (Å²) < 4.78 is 0. The number of anilines is 2. The van der Waals surface area contributed by atoms with E-state index in [0.29, 0.717) is 0 Å². The molecule has 1 atom stereocenters. The quantitative estimate of drug-likeness (QED) is 0.583. The Labute approximate surface area is 115 Å². The molecule has 3 N–H and O–H groups in total. The first kappa shape index (κ1) is 13.5. The Morgan fingerprint density at radius 3 is 2.44 bits per heavy atom. The first-order chi connectivity index (χ1) is 8.33. The van der Waals surface area contributed by atoms with E-state index in [1.807, 2.05) is 17.0 Å². The van der Waals surface area contributed by atoms with Crippen LogP contribution >= 0.6 is 0 Å². The number of benzene rings is 1. The maximum absolute atomic E-state index is 5.73. The number of rotatable bonds is 2. The molecule has 0 spiro atoms. The fraction of sp³-hybridized carbons (Fsp3) is 0.571. The first-order valence-electron chi connectivity index (χ1n) is 6.78. The lowest BCUT2D eigenvalue weighted by atomic mass is 10.2. The fourth-order valence-electron chi connectivity index (χ4n) is 3.25. The number of quaternary nitrogens is 1. The van der Waals surface area contributed by atoms with Gasteiger partial charge in [0.2, 0.25) is 0 Å². The lowest BCUT2D eigenvalue weighted by Gasteiger charge is -2.22. The average Bonchev–Trinajstić information content (AvgIpc) is 3.00. The van der Waals surface area contributed by atoms with Gasteiger partial charge in [0.15, 0.2) is 0 Å². The summed E-state index contributed by atoms with van der Waals surface area (Å²) in [6.45, 7) is 5.21. The highest BCUT2D eigenvalue weighted by molar-refractivity contribution is 5.53. The van der Waals surface area contributed by atoms with E-state index in [0.717, 1.165) is 11.7 Å². The standard InChI is InChI=1S/C14H21N3.ClH/c15-12-3-5-13(6-4-12)17-10-7-14(11-17)16-8-1-2-9-16;/h3-6,14H,1-2,7-11,15H2;1H. The topological polar surface area (TPSA) is 33.7 Å². The molecule has 0 saturated carbocycles. The van der Waals surface area contributed by atoms with Crippen LogP contribution in [0.1, 0.15) is 19.3 Å². The van der Waals surface area contributed by atoms with Crippen LogP contribution in [0.4, 0.5) is 11.4 Å². The van der Waals surface area contributed by atoms with Gasteiger partial charge in [-0.1, -0.05) is 0 Å². The highest BCUT2D eigenvalue weighted by Crippen LogP contribution is 2.20. The van der Waals surface area contributed by atoms with Gasteiger partial charge in [0.25, 0.3) is 0 Å². The van der Waals surface area contributed by atoms with E-state index in [2.05, 4.69) is 17.0 Å². The van der Waals surface area contributed by atoms with Gasteiger partial charge < -0.3 is 27.9 Å². The number of nitrogens with two attached hydrogens (primary N) is 1. The van der Waals surface area contributed by atoms with Crippen molar-refractivity contribution < 1.29 is 17.3 Å². The number of hydrogen-bond donors (Lipinski definition) is 2. The predicted molar refractivity (Wildman–Crippen MR) is 71.4 cm³/mol. The van der Waals surface area contributed by atoms with E-state index in [1.165, 1.54) is 51.1 Å². The molecule has 2 aliphatic rings. The summed E-state index contributed by atoms with van der Waals surface area (Å²) in [6, 6.07) is 9.17. The van der Waals surface area contributed by atoms with E-state index in [-0.39, 0.29) is 12.4 Å². The third-order valence-electron chi connectivity index (χ3n) is 4.27. The number of nitrogens with zero attached hydrogens (tertiary/aromatic N) is 1. The van der Waals surface area contributed by atoms with E-state index in [1.54, 1.807) is 0 Å². The summed E-state index contributed by atoms with van der Waals surface area (Å²) in [4.78, 5) is 4.35. The molecule has 3 nitrogen and oxygen atoms in total. The summed E-state index contributed by atoms with van der Waals surface area (Å²) in [7, 11) is 0. The average molecular weight is 268 g/mol. The third-order valence-corrected chi connectivity index (χ3v) is 4.27. The molecule has 3 rings (SSSR count). The van der Waals surface area contributed by atoms with Gasteiger partial charge in [0.05, 0.1) is 19.6 Å². The van der Waals surface area contributed by atoms with E-state index >= 15 is 0 Å². The van der Waals surface area contributed by atoms with Gasteiger partial charge in [-0.2, -0.15) is 0 Å². The lowest BCUT2D eigenvalue weighted by molar-refractivity contribution is -0.910. The molecule has 2 saturated heterocycles. The van der Waals surface area contributed by atoms with Crippen molar-refractivity contribution in [3.8, 4) is 0 Å². The first-order valence-corrected chi connectivity index (χ1v) is 6.78. The number of nitrogen functional groups attached to an aromatic ring is 1. The maximum atomic E-state index is 5.73. The molecule has 0 bridgehead atoms. The number of likely N-dealkylation sites (tertiary alicyclic amines) is 1. The van der Waals surface area contributed by atoms with Gasteiger partial charge >= 0.3 is 0 Å². The Morgan fingerprint density at radius 2 is 1.78 bits per heavy atom. The van der Waals surface area contributed by atoms with Gasteiger partial charge in [-0.25, -0.2) is 0 Å². The lowest BCUT2D eigenvalue weighted by Crippen LogP contribution is -3.14. The minimum atomic E-state index is 0. The molecule has 0 amide bonds. The normalized spacial score (nSPS) is 24.2. The summed E-state index contributed by atoms with van der Waals surface area (Å²) in [5.74, 6) is 0. The van der Waals surface area contributed by atoms with Crippen LogP contribution in [0, 0.1) is 0 Å². The number of halogens is 1. The Kier molecular flexibility index (Phi) is 4.36. The summed E-state index contributed by atoms with van der Waals surface area (Å²) in [6.07, 6.45) is 4.20. The van der Waals surface area contributed by atoms with Crippen molar-refractivity contribution in [2.45, 2.75) is 25.3 Å². The zero-order valence-corrected chi connectivity index (χ0v) is 11.5. The highest BCUT2D eigenvalue weighted by Gasteiger charge is 2.32. The van der Waals surface area contributed by atoms with Gasteiger partial charge in [-0.05, 0) is 24.3 Å². The molecule has 4 heteroatoms. The zero-order chi connectivity index (χ0) is 11.7. The second-order valence-electron chi connectivity index (χ2n) is 5.39. The molecule has 0 aliphatic carbocycles. The van der Waals surface area contributed by atoms with Crippen molar-refractivity contribution in [1.29, 1.82) is 0 Å². The van der Waals surface area contributed by atoms with Crippen molar-refractivity contribution in [2.24, 2.45) is 0 Å². The fourth-order valence-corrected chi connectivity index (χ4v) is 3.25. The van der Waals surface area contributed by atoms with Crippen LogP contribution in [0.15, 0.2) is 24.3 Å². The second kappa shape index (κ2) is 5.81. The molecule has 2 aliphatic heterocycles. The van der Waals surface area contributed by atoms with Crippen LogP contribution in [0.3, 0.4) is 0 Å². The van der Waals surface area contributed by atoms with E-state index in [4.69, 9.17) is 5.73 Å². The van der Waals surface area contributed by atoms with Crippen molar-refractivity contribution in [3.05, 3.63) is 24.3 Å². The third kappa shape index (κ3) is 2.73. The second-order valence-corrected chi connectivity index (χ2v) is 5.39. The molecule has 0 radical (unpaired) electrons. The largest absolute Gasteiger partial charge is 1.00 e. The minimum absolute atomic E-state index is 0. The number of hydrogen-bond acceptors (Lipinski definition) is 2. The Hall–Kier alpha value is -0.930. The molecule has 100 valence electrons. The molecule has 2 fully saturated rings. The van der Waals surface area contributed by atoms with Crippen LogP contribution in [0.25, 0.3) is 0 Å². The Balaban J connectivity index is 0.00000120. The van der Waals surface area contributed by atoms with E-state index < -0.39 is 0 Å². The molecule has 2 heterocycles. The van der Waals surface area contributed by atoms with Gasteiger partial charge in [-0.3, -0.25) is 0 Å². The summed E-state index contributed by atoms with van der Waals surface area (Å²) >= 11 is 0. The predicted octanol–water partition coefficient (Wildman–Crippen LogP) is -2.47. The molecular weight excluding hydrogens is 246 g/mol. The Bertz CT molecular complexity index is 373. The number of nitrogens with one attached hydrogen (secondary N) is 1. The van der Waals surface area contributed by atoms with Crippen LogP contribution in [-0.2, 0) is 0 Å². The minimum Gasteiger partial charge on any atom is -1.00 e. The smallest absolute Gasteiger partial charge is 0.107 e. The highest BCUT2D eigenvalue weighted by atomic mass is 35.5. The molecule has 0 aromatic heterocycles. The van der Waals surface area contributed by atoms with Gasteiger partial charge in [0, 0.05) is 37.2 Å². The van der Waals surface area contributed by atoms with Crippen molar-refractivity contribution >= 4 is 11.4 Å². The molecule has 1 aromatic carbocycles. The summed E-state index contributed by atoms with van der Waals surface area (Å²) in [5.41, 5.74) is 7.92. The van der Waals surface area contributed by atoms with Crippen LogP contribution in [-0.4, -0.2) is 32.2 Å². The van der Waals surface area contributed by atoms with Crippen LogP contribution in [0.2, 0.25) is 0 Å². The zero-order valence-electron chi connectivity index (χ0n) is 10.7. The van der Waals surface area contributed by atoms with Crippen molar-refractivity contribution in [1.82, 2.24) is 0 Å². The molecule has 1 unspecified atom stereocenters. The summed E-state index contributed by atoms with van der Waals surface area (Å²) in [5, 5.41) is 0. The molecular formula is C14H22ClN3. The van der Waals surface area contributed by atoms with Crippen LogP contribution < -0.4 is 27.9 Å². The monoisotopic (exact) mass is 267 g/mol. The van der Waals surface area contributed by atoms with E-state index in [9.17, 15) is 0 Å². The molecule has 18 heavy (non-hydrogen) atoms. The van der Waals surface area contributed by atoms with Gasteiger partial charge in [-0.15, -0.1) is 0 Å².